The first kappa shape index (κ1) is 20.4. The van der Waals surface area contributed by atoms with E-state index in [1.54, 1.807) is 6.07 Å². The molecule has 0 aliphatic carbocycles. The molecule has 0 aliphatic heterocycles. The van der Waals surface area contributed by atoms with Crippen molar-refractivity contribution in [2.45, 2.75) is 24.8 Å². The van der Waals surface area contributed by atoms with Gasteiger partial charge in [-0.1, -0.05) is 18.3 Å². The number of sulfonamides is 1. The highest BCUT2D eigenvalue weighted by atomic mass is 32.2. The van der Waals surface area contributed by atoms with Crippen LogP contribution in [0.3, 0.4) is 0 Å². The second-order valence-electron chi connectivity index (χ2n) is 6.38. The van der Waals surface area contributed by atoms with Crippen molar-refractivity contribution < 1.29 is 17.6 Å². The van der Waals surface area contributed by atoms with Crippen molar-refractivity contribution in [3.63, 3.8) is 0 Å². The smallest absolute Gasteiger partial charge is 0.279 e. The number of carbonyl (C=O) groups is 1. The van der Waals surface area contributed by atoms with E-state index in [0.29, 0.717) is 16.0 Å². The molecule has 1 amide bonds. The molecule has 0 saturated heterocycles. The lowest BCUT2D eigenvalue weighted by molar-refractivity contribution is 0.0997. The Kier molecular flexibility index (Phi) is 5.78. The molecule has 0 saturated carbocycles. The van der Waals surface area contributed by atoms with Crippen molar-refractivity contribution in [1.82, 2.24) is 8.87 Å². The molecule has 0 bridgehead atoms. The molecule has 9 heteroatoms. The normalized spacial score (nSPS) is 12.8. The topological polar surface area (TPSA) is 71.7 Å². The number of thiazole rings is 1. The number of hydrogen-bond acceptors (Lipinski definition) is 4. The number of hydrogen-bond donors (Lipinski definition) is 0. The van der Waals surface area contributed by atoms with E-state index in [1.807, 2.05) is 11.5 Å². The van der Waals surface area contributed by atoms with Crippen molar-refractivity contribution in [2.24, 2.45) is 4.99 Å². The van der Waals surface area contributed by atoms with Crippen molar-refractivity contribution in [1.29, 1.82) is 0 Å². The third-order valence-electron chi connectivity index (χ3n) is 4.17. The van der Waals surface area contributed by atoms with Gasteiger partial charge in [0.25, 0.3) is 5.91 Å². The van der Waals surface area contributed by atoms with Crippen molar-refractivity contribution >= 4 is 37.5 Å². The maximum atomic E-state index is 13.5. The summed E-state index contributed by atoms with van der Waals surface area (Å²) in [5.41, 5.74) is 1.11. The number of carbonyl (C=O) groups excluding carboxylic acids is 1. The lowest BCUT2D eigenvalue weighted by atomic mass is 10.2. The Bertz CT molecular complexity index is 1190. The van der Waals surface area contributed by atoms with Crippen LogP contribution in [-0.2, 0) is 16.6 Å². The Balaban J connectivity index is 2.02. The zero-order valence-electron chi connectivity index (χ0n) is 15.7. The quantitative estimate of drug-likeness (QED) is 0.635. The average molecular weight is 422 g/mol. The Labute approximate surface area is 166 Å². The van der Waals surface area contributed by atoms with Crippen molar-refractivity contribution in [2.75, 3.05) is 14.1 Å². The minimum atomic E-state index is -3.56. The summed E-state index contributed by atoms with van der Waals surface area (Å²) in [6, 6.07) is 10.2. The largest absolute Gasteiger partial charge is 0.316 e. The number of fused-ring (bicyclic) bond motifs is 1. The van der Waals surface area contributed by atoms with Gasteiger partial charge in [-0.2, -0.15) is 4.99 Å². The number of amides is 1. The van der Waals surface area contributed by atoms with E-state index in [-0.39, 0.29) is 16.3 Å². The summed E-state index contributed by atoms with van der Waals surface area (Å²) in [5, 5.41) is 0. The molecule has 2 aromatic carbocycles. The van der Waals surface area contributed by atoms with Gasteiger partial charge in [-0.15, -0.1) is 0 Å². The monoisotopic (exact) mass is 421 g/mol. The summed E-state index contributed by atoms with van der Waals surface area (Å²) in [6.45, 7) is 2.66. The molecule has 3 aromatic rings. The van der Waals surface area contributed by atoms with E-state index < -0.39 is 15.9 Å². The molecule has 0 fully saturated rings. The Morgan fingerprint density at radius 1 is 1.18 bits per heavy atom. The van der Waals surface area contributed by atoms with E-state index in [0.717, 1.165) is 16.2 Å². The SMILES string of the molecule is CCCn1c(=NC(=O)c2ccc(S(=O)(=O)N(C)C)cc2)sc2cc(F)ccc21. The molecule has 3 rings (SSSR count). The summed E-state index contributed by atoms with van der Waals surface area (Å²) in [5.74, 6) is -0.821. The van der Waals surface area contributed by atoms with Crippen LogP contribution in [-0.4, -0.2) is 37.3 Å². The summed E-state index contributed by atoms with van der Waals surface area (Å²) in [6.07, 6.45) is 0.835. The summed E-state index contributed by atoms with van der Waals surface area (Å²) < 4.78 is 41.5. The van der Waals surface area contributed by atoms with Crippen molar-refractivity contribution in [3.8, 4) is 0 Å². The molecule has 28 heavy (non-hydrogen) atoms. The van der Waals surface area contributed by atoms with Gasteiger partial charge in [-0.25, -0.2) is 17.1 Å². The van der Waals surface area contributed by atoms with Gasteiger partial charge in [-0.05, 0) is 48.9 Å². The number of rotatable bonds is 5. The number of halogens is 1. The van der Waals surface area contributed by atoms with Crippen molar-refractivity contribution in [3.05, 3.63) is 58.6 Å². The molecule has 6 nitrogen and oxygen atoms in total. The second-order valence-corrected chi connectivity index (χ2v) is 9.54. The van der Waals surface area contributed by atoms with Crippen LogP contribution < -0.4 is 4.80 Å². The van der Waals surface area contributed by atoms with Gasteiger partial charge in [0.15, 0.2) is 4.80 Å². The zero-order chi connectivity index (χ0) is 20.5. The number of aromatic nitrogens is 1. The molecule has 1 heterocycles. The highest BCUT2D eigenvalue weighted by Gasteiger charge is 2.17. The highest BCUT2D eigenvalue weighted by molar-refractivity contribution is 7.89. The van der Waals surface area contributed by atoms with Crippen LogP contribution in [0.1, 0.15) is 23.7 Å². The third kappa shape index (κ3) is 3.91. The van der Waals surface area contributed by atoms with Crippen LogP contribution >= 0.6 is 11.3 Å². The van der Waals surface area contributed by atoms with Gasteiger partial charge in [0.2, 0.25) is 10.0 Å². The van der Waals surface area contributed by atoms with Gasteiger partial charge in [0.1, 0.15) is 5.82 Å². The van der Waals surface area contributed by atoms with E-state index in [1.165, 1.54) is 61.8 Å². The van der Waals surface area contributed by atoms with Gasteiger partial charge in [0, 0.05) is 26.2 Å². The molecule has 0 aliphatic rings. The number of aryl methyl sites for hydroxylation is 1. The van der Waals surface area contributed by atoms with Crippen LogP contribution in [0.4, 0.5) is 4.39 Å². The fourth-order valence-electron chi connectivity index (χ4n) is 2.70. The Morgan fingerprint density at radius 2 is 1.86 bits per heavy atom. The van der Waals surface area contributed by atoms with Gasteiger partial charge < -0.3 is 4.57 Å². The molecule has 0 unspecified atom stereocenters. The summed E-state index contributed by atoms with van der Waals surface area (Å²) >= 11 is 1.25. The molecule has 0 radical (unpaired) electrons. The molecule has 1 aromatic heterocycles. The Morgan fingerprint density at radius 3 is 2.46 bits per heavy atom. The fourth-order valence-corrected chi connectivity index (χ4v) is 4.68. The second kappa shape index (κ2) is 7.94. The average Bonchev–Trinajstić information content (AvgIpc) is 2.98. The first-order valence-electron chi connectivity index (χ1n) is 8.64. The number of nitrogens with zero attached hydrogens (tertiary/aromatic N) is 3. The Hall–Kier alpha value is -2.36. The van der Waals surface area contributed by atoms with E-state index in [2.05, 4.69) is 4.99 Å². The molecular formula is C19H20FN3O3S2. The fraction of sp³-hybridized carbons (Fsp3) is 0.263. The highest BCUT2D eigenvalue weighted by Crippen LogP contribution is 2.19. The molecule has 0 N–H and O–H groups in total. The minimum absolute atomic E-state index is 0.104. The first-order valence-corrected chi connectivity index (χ1v) is 10.9. The van der Waals surface area contributed by atoms with Crippen LogP contribution in [0.15, 0.2) is 52.4 Å². The van der Waals surface area contributed by atoms with E-state index >= 15 is 0 Å². The minimum Gasteiger partial charge on any atom is -0.316 e. The molecule has 0 atom stereocenters. The lowest BCUT2D eigenvalue weighted by Crippen LogP contribution is -2.22. The number of benzene rings is 2. The van der Waals surface area contributed by atoms with Crippen LogP contribution in [0.2, 0.25) is 0 Å². The maximum Gasteiger partial charge on any atom is 0.279 e. The zero-order valence-corrected chi connectivity index (χ0v) is 17.3. The maximum absolute atomic E-state index is 13.5. The third-order valence-corrected chi connectivity index (χ3v) is 7.04. The standard InChI is InChI=1S/C19H20FN3O3S2/c1-4-11-23-16-10-7-14(20)12-17(16)27-19(23)21-18(24)13-5-8-15(9-6-13)28(25,26)22(2)3/h5-10,12H,4,11H2,1-3H3. The predicted octanol–water partition coefficient (Wildman–Crippen LogP) is 3.24. The van der Waals surface area contributed by atoms with Crippen LogP contribution in [0, 0.1) is 5.82 Å². The van der Waals surface area contributed by atoms with Crippen LogP contribution in [0.5, 0.6) is 0 Å². The van der Waals surface area contributed by atoms with Gasteiger partial charge in [-0.3, -0.25) is 4.79 Å². The predicted molar refractivity (Wildman–Crippen MR) is 107 cm³/mol. The molecular weight excluding hydrogens is 401 g/mol. The van der Waals surface area contributed by atoms with Crippen LogP contribution in [0.25, 0.3) is 10.2 Å². The first-order chi connectivity index (χ1) is 13.2. The van der Waals surface area contributed by atoms with Gasteiger partial charge >= 0.3 is 0 Å². The summed E-state index contributed by atoms with van der Waals surface area (Å²) in [7, 11) is -0.670. The van der Waals surface area contributed by atoms with Gasteiger partial charge in [0.05, 0.1) is 15.1 Å². The van der Waals surface area contributed by atoms with E-state index in [4.69, 9.17) is 0 Å². The molecule has 0 spiro atoms. The molecule has 148 valence electrons. The van der Waals surface area contributed by atoms with E-state index in [9.17, 15) is 17.6 Å². The summed E-state index contributed by atoms with van der Waals surface area (Å²) in [4.78, 5) is 17.4. The lowest BCUT2D eigenvalue weighted by Gasteiger charge is -2.11.